The van der Waals surface area contributed by atoms with E-state index >= 15 is 0 Å². The number of carboxylic acid groups (broad SMARTS) is 1. The molecule has 1 aliphatic carbocycles. The molecule has 0 saturated heterocycles. The summed E-state index contributed by atoms with van der Waals surface area (Å²) in [7, 11) is -3.84. The number of carboxylic acids is 1. The van der Waals surface area contributed by atoms with E-state index in [0.29, 0.717) is 10.7 Å². The zero-order valence-corrected chi connectivity index (χ0v) is 19.9. The SMILES string of the molecule is Cc1ccc(Cl)cc1NS(=O)(=O)c1ccc2c(c1)[C@H]1C=CC[C@H]1[C@@H](c1ccccc1C(=O)O)N2. The first-order valence-corrected chi connectivity index (χ1v) is 12.8. The van der Waals surface area contributed by atoms with Crippen LogP contribution < -0.4 is 10.0 Å². The summed E-state index contributed by atoms with van der Waals surface area (Å²) in [6, 6.07) is 16.9. The molecule has 0 spiro atoms. The highest BCUT2D eigenvalue weighted by Gasteiger charge is 2.39. The Labute approximate surface area is 203 Å². The van der Waals surface area contributed by atoms with E-state index in [0.717, 1.165) is 28.8 Å². The van der Waals surface area contributed by atoms with E-state index in [1.54, 1.807) is 48.5 Å². The summed E-state index contributed by atoms with van der Waals surface area (Å²) in [4.78, 5) is 12.0. The molecule has 34 heavy (non-hydrogen) atoms. The lowest BCUT2D eigenvalue weighted by Crippen LogP contribution is -2.30. The van der Waals surface area contributed by atoms with Crippen LogP contribution in [0.25, 0.3) is 0 Å². The Morgan fingerprint density at radius 2 is 1.88 bits per heavy atom. The van der Waals surface area contributed by atoms with Gasteiger partial charge in [-0.25, -0.2) is 13.2 Å². The Hall–Kier alpha value is -3.29. The molecule has 0 fully saturated rings. The van der Waals surface area contributed by atoms with Gasteiger partial charge in [-0.2, -0.15) is 0 Å². The van der Waals surface area contributed by atoms with Crippen molar-refractivity contribution in [3.63, 3.8) is 0 Å². The Kier molecular flexibility index (Phi) is 5.62. The van der Waals surface area contributed by atoms with Crippen LogP contribution in [-0.4, -0.2) is 19.5 Å². The molecule has 0 aromatic heterocycles. The molecule has 2 aliphatic rings. The van der Waals surface area contributed by atoms with Gasteiger partial charge in [0.15, 0.2) is 0 Å². The number of aryl methyl sites for hydroxylation is 1. The lowest BCUT2D eigenvalue weighted by Gasteiger charge is -2.38. The van der Waals surface area contributed by atoms with Gasteiger partial charge in [0, 0.05) is 16.6 Å². The average Bonchev–Trinajstić information content (AvgIpc) is 3.31. The number of hydrogen-bond acceptors (Lipinski definition) is 4. The smallest absolute Gasteiger partial charge is 0.336 e. The number of allylic oxidation sites excluding steroid dienone is 2. The Morgan fingerprint density at radius 3 is 2.68 bits per heavy atom. The third kappa shape index (κ3) is 3.95. The maximum atomic E-state index is 13.2. The minimum absolute atomic E-state index is 0.0221. The normalized spacial score (nSPS) is 20.8. The molecule has 1 aliphatic heterocycles. The van der Waals surface area contributed by atoms with Gasteiger partial charge in [-0.1, -0.05) is 48.0 Å². The van der Waals surface area contributed by atoms with Gasteiger partial charge in [0.25, 0.3) is 10.0 Å². The minimum Gasteiger partial charge on any atom is -0.478 e. The van der Waals surface area contributed by atoms with Gasteiger partial charge in [-0.3, -0.25) is 4.72 Å². The lowest BCUT2D eigenvalue weighted by atomic mass is 9.76. The van der Waals surface area contributed by atoms with E-state index in [4.69, 9.17) is 11.6 Å². The third-order valence-corrected chi connectivity index (χ3v) is 8.21. The molecule has 0 saturated carbocycles. The summed E-state index contributed by atoms with van der Waals surface area (Å²) in [6.07, 6.45) is 4.94. The minimum atomic E-state index is -3.84. The molecule has 8 heteroatoms. The average molecular weight is 495 g/mol. The highest BCUT2D eigenvalue weighted by Crippen LogP contribution is 2.50. The fraction of sp³-hybridized carbons (Fsp3) is 0.192. The summed E-state index contributed by atoms with van der Waals surface area (Å²) in [5.74, 6) is -0.908. The quantitative estimate of drug-likeness (QED) is 0.379. The van der Waals surface area contributed by atoms with E-state index in [1.807, 2.05) is 19.1 Å². The van der Waals surface area contributed by atoms with Gasteiger partial charge < -0.3 is 10.4 Å². The first kappa shape index (κ1) is 22.5. The maximum Gasteiger partial charge on any atom is 0.336 e. The molecule has 174 valence electrons. The second kappa shape index (κ2) is 8.49. The van der Waals surface area contributed by atoms with Crippen molar-refractivity contribution < 1.29 is 18.3 Å². The summed E-state index contributed by atoms with van der Waals surface area (Å²) < 4.78 is 29.0. The summed E-state index contributed by atoms with van der Waals surface area (Å²) >= 11 is 6.05. The molecule has 1 heterocycles. The predicted molar refractivity (Wildman–Crippen MR) is 133 cm³/mol. The molecule has 3 atom stereocenters. The molecular formula is C26H23ClN2O4S. The fourth-order valence-electron chi connectivity index (χ4n) is 4.92. The van der Waals surface area contributed by atoms with Crippen LogP contribution in [-0.2, 0) is 10.0 Å². The van der Waals surface area contributed by atoms with Crippen LogP contribution in [0.3, 0.4) is 0 Å². The van der Waals surface area contributed by atoms with Gasteiger partial charge in [0.1, 0.15) is 0 Å². The molecule has 3 N–H and O–H groups in total. The van der Waals surface area contributed by atoms with Crippen molar-refractivity contribution in [3.8, 4) is 0 Å². The molecule has 5 rings (SSSR count). The van der Waals surface area contributed by atoms with Crippen molar-refractivity contribution in [2.45, 2.75) is 30.2 Å². The molecule has 0 amide bonds. The monoisotopic (exact) mass is 494 g/mol. The van der Waals surface area contributed by atoms with Crippen LogP contribution in [0.5, 0.6) is 0 Å². The van der Waals surface area contributed by atoms with Crippen LogP contribution in [0, 0.1) is 12.8 Å². The topological polar surface area (TPSA) is 95.5 Å². The molecular weight excluding hydrogens is 472 g/mol. The van der Waals surface area contributed by atoms with Crippen molar-refractivity contribution in [2.75, 3.05) is 10.0 Å². The summed E-state index contributed by atoms with van der Waals surface area (Å²) in [5, 5.41) is 13.6. The number of fused-ring (bicyclic) bond motifs is 3. The number of sulfonamides is 1. The zero-order chi connectivity index (χ0) is 24.0. The van der Waals surface area contributed by atoms with Gasteiger partial charge >= 0.3 is 5.97 Å². The van der Waals surface area contributed by atoms with Crippen molar-refractivity contribution in [1.29, 1.82) is 0 Å². The van der Waals surface area contributed by atoms with Crippen molar-refractivity contribution >= 4 is 39.0 Å². The number of halogens is 1. The second-order valence-electron chi connectivity index (χ2n) is 8.68. The first-order chi connectivity index (χ1) is 16.2. The molecule has 3 aromatic carbocycles. The van der Waals surface area contributed by atoms with E-state index in [9.17, 15) is 18.3 Å². The lowest BCUT2D eigenvalue weighted by molar-refractivity contribution is 0.0694. The van der Waals surface area contributed by atoms with Crippen LogP contribution in [0.15, 0.2) is 77.7 Å². The highest BCUT2D eigenvalue weighted by molar-refractivity contribution is 7.92. The number of hydrogen-bond donors (Lipinski definition) is 3. The van der Waals surface area contributed by atoms with Gasteiger partial charge in [-0.15, -0.1) is 0 Å². The van der Waals surface area contributed by atoms with Crippen LogP contribution >= 0.6 is 11.6 Å². The molecule has 0 radical (unpaired) electrons. The van der Waals surface area contributed by atoms with Gasteiger partial charge in [0.2, 0.25) is 0 Å². The number of anilines is 2. The fourth-order valence-corrected chi connectivity index (χ4v) is 6.25. The third-order valence-electron chi connectivity index (χ3n) is 6.61. The van der Waals surface area contributed by atoms with Crippen molar-refractivity contribution in [2.24, 2.45) is 5.92 Å². The maximum absolute atomic E-state index is 13.2. The summed E-state index contributed by atoms with van der Waals surface area (Å²) in [6.45, 7) is 1.81. The largest absolute Gasteiger partial charge is 0.478 e. The van der Waals surface area contributed by atoms with Crippen molar-refractivity contribution in [3.05, 3.63) is 100 Å². The molecule has 0 bridgehead atoms. The number of nitrogens with one attached hydrogen (secondary N) is 2. The van der Waals surface area contributed by atoms with Gasteiger partial charge in [-0.05, 0) is 72.4 Å². The Balaban J connectivity index is 1.52. The molecule has 6 nitrogen and oxygen atoms in total. The highest BCUT2D eigenvalue weighted by atomic mass is 35.5. The van der Waals surface area contributed by atoms with Crippen molar-refractivity contribution in [1.82, 2.24) is 0 Å². The number of benzene rings is 3. The van der Waals surface area contributed by atoms with Crippen LogP contribution in [0.1, 0.15) is 45.4 Å². The molecule has 3 aromatic rings. The van der Waals surface area contributed by atoms with E-state index in [1.165, 1.54) is 0 Å². The second-order valence-corrected chi connectivity index (χ2v) is 10.8. The molecule has 0 unspecified atom stereocenters. The predicted octanol–water partition coefficient (Wildman–Crippen LogP) is 5.97. The van der Waals surface area contributed by atoms with Gasteiger partial charge in [0.05, 0.1) is 22.2 Å². The first-order valence-electron chi connectivity index (χ1n) is 10.9. The zero-order valence-electron chi connectivity index (χ0n) is 18.3. The van der Waals surface area contributed by atoms with E-state index in [-0.39, 0.29) is 28.3 Å². The number of carbonyl (C=O) groups is 1. The Bertz CT molecular complexity index is 1430. The number of rotatable bonds is 5. The van der Waals surface area contributed by atoms with Crippen LogP contribution in [0.4, 0.5) is 11.4 Å². The summed E-state index contributed by atoms with van der Waals surface area (Å²) in [5.41, 5.74) is 3.89. The number of aromatic carboxylic acids is 1. The van der Waals surface area contributed by atoms with E-state index < -0.39 is 16.0 Å². The standard InChI is InChI=1S/C26H23ClN2O4S/c1-15-9-10-16(27)13-24(15)29-34(32,33)17-11-12-23-22(14-17)18-7-4-8-19(18)25(28-23)20-5-2-3-6-21(20)26(30)31/h2-7,9-14,18-19,25,28-29H,8H2,1H3,(H,30,31)/t18-,19+,25-/m0/s1. The van der Waals surface area contributed by atoms with E-state index in [2.05, 4.69) is 22.2 Å². The Morgan fingerprint density at radius 1 is 1.09 bits per heavy atom. The van der Waals surface area contributed by atoms with Crippen LogP contribution in [0.2, 0.25) is 5.02 Å².